The fraction of sp³-hybridized carbons (Fsp3) is 0.533. The molecule has 0 atom stereocenters. The van der Waals surface area contributed by atoms with Crippen molar-refractivity contribution in [3.8, 4) is 0 Å². The molecule has 3 rings (SSSR count). The van der Waals surface area contributed by atoms with E-state index in [0.717, 1.165) is 11.3 Å². The average Bonchev–Trinajstić information content (AvgIpc) is 2.96. The number of imidazole rings is 1. The summed E-state index contributed by atoms with van der Waals surface area (Å²) in [4.78, 5) is 3.35. The van der Waals surface area contributed by atoms with E-state index in [0.29, 0.717) is 4.75 Å². The number of rotatable bonds is 3. The molecular formula is C15H20N2S2. The molecule has 0 aliphatic heterocycles. The Hall–Kier alpha value is -0.740. The predicted molar refractivity (Wildman–Crippen MR) is 86.6 cm³/mol. The van der Waals surface area contributed by atoms with E-state index in [1.54, 1.807) is 0 Å². The van der Waals surface area contributed by atoms with Crippen LogP contribution in [0.25, 0.3) is 11.0 Å². The zero-order valence-electron chi connectivity index (χ0n) is 11.5. The molecule has 0 radical (unpaired) electrons. The van der Waals surface area contributed by atoms with E-state index in [4.69, 9.17) is 12.2 Å². The fourth-order valence-corrected chi connectivity index (χ4v) is 4.40. The summed E-state index contributed by atoms with van der Waals surface area (Å²) in [6.45, 7) is 3.16. The molecule has 0 unspecified atom stereocenters. The van der Waals surface area contributed by atoms with Crippen LogP contribution in [0.3, 0.4) is 0 Å². The summed E-state index contributed by atoms with van der Waals surface area (Å²) in [5.74, 6) is 0. The van der Waals surface area contributed by atoms with Crippen molar-refractivity contribution in [2.45, 2.75) is 43.9 Å². The second-order valence-electron chi connectivity index (χ2n) is 5.63. The lowest BCUT2D eigenvalue weighted by molar-refractivity contribution is 0.510. The number of hydrogen-bond donors (Lipinski definition) is 1. The van der Waals surface area contributed by atoms with Crippen molar-refractivity contribution in [1.82, 2.24) is 9.55 Å². The molecule has 1 N–H and O–H groups in total. The van der Waals surface area contributed by atoms with Gasteiger partial charge in [0.1, 0.15) is 0 Å². The highest BCUT2D eigenvalue weighted by molar-refractivity contribution is 8.00. The Morgan fingerprint density at radius 2 is 2.11 bits per heavy atom. The van der Waals surface area contributed by atoms with Crippen LogP contribution < -0.4 is 0 Å². The Morgan fingerprint density at radius 1 is 1.37 bits per heavy atom. The van der Waals surface area contributed by atoms with Crippen molar-refractivity contribution in [2.75, 3.05) is 6.26 Å². The lowest BCUT2D eigenvalue weighted by Gasteiger charge is -2.27. The Morgan fingerprint density at radius 3 is 2.79 bits per heavy atom. The lowest BCUT2D eigenvalue weighted by atomic mass is 10.1. The second kappa shape index (κ2) is 4.98. The molecule has 0 amide bonds. The van der Waals surface area contributed by atoms with Crippen LogP contribution in [0.4, 0.5) is 0 Å². The van der Waals surface area contributed by atoms with Crippen molar-refractivity contribution in [3.63, 3.8) is 0 Å². The van der Waals surface area contributed by atoms with Gasteiger partial charge in [-0.2, -0.15) is 11.8 Å². The molecule has 0 spiro atoms. The number of benzene rings is 1. The molecule has 0 bridgehead atoms. The summed E-state index contributed by atoms with van der Waals surface area (Å²) in [5.41, 5.74) is 3.69. The van der Waals surface area contributed by atoms with Crippen LogP contribution >= 0.6 is 24.0 Å². The van der Waals surface area contributed by atoms with Crippen LogP contribution in [-0.2, 0) is 6.54 Å². The molecule has 1 aliphatic rings. The summed E-state index contributed by atoms with van der Waals surface area (Å²) >= 11 is 7.54. The van der Waals surface area contributed by atoms with Crippen LogP contribution in [0, 0.1) is 11.7 Å². The molecule has 1 fully saturated rings. The molecule has 4 heteroatoms. The van der Waals surface area contributed by atoms with Gasteiger partial charge in [0.05, 0.1) is 11.0 Å². The summed E-state index contributed by atoms with van der Waals surface area (Å²) in [7, 11) is 0. The Labute approximate surface area is 123 Å². The minimum atomic E-state index is 0.387. The first kappa shape index (κ1) is 13.3. The molecule has 1 aromatic carbocycles. The van der Waals surface area contributed by atoms with Gasteiger partial charge in [0.25, 0.3) is 0 Å². The quantitative estimate of drug-likeness (QED) is 0.829. The Kier molecular flexibility index (Phi) is 3.48. The molecule has 1 saturated carbocycles. The highest BCUT2D eigenvalue weighted by Crippen LogP contribution is 2.42. The topological polar surface area (TPSA) is 20.7 Å². The second-order valence-corrected chi connectivity index (χ2v) is 7.29. The van der Waals surface area contributed by atoms with Crippen LogP contribution in [0.15, 0.2) is 18.2 Å². The largest absolute Gasteiger partial charge is 0.331 e. The third-order valence-corrected chi connectivity index (χ3v) is 6.05. The number of hydrogen-bond acceptors (Lipinski definition) is 2. The molecule has 19 heavy (non-hydrogen) atoms. The zero-order valence-corrected chi connectivity index (χ0v) is 13.2. The monoisotopic (exact) mass is 292 g/mol. The summed E-state index contributed by atoms with van der Waals surface area (Å²) in [5, 5.41) is 0. The number of H-pyrrole nitrogens is 1. The summed E-state index contributed by atoms with van der Waals surface area (Å²) < 4.78 is 3.55. The van der Waals surface area contributed by atoms with Crippen molar-refractivity contribution in [2.24, 2.45) is 0 Å². The summed E-state index contributed by atoms with van der Waals surface area (Å²) in [6, 6.07) is 6.55. The molecule has 1 heterocycles. The van der Waals surface area contributed by atoms with Gasteiger partial charge < -0.3 is 9.55 Å². The van der Waals surface area contributed by atoms with Gasteiger partial charge in [0.15, 0.2) is 4.77 Å². The molecule has 2 aromatic rings. The van der Waals surface area contributed by atoms with E-state index in [-0.39, 0.29) is 0 Å². The molecular weight excluding hydrogens is 272 g/mol. The van der Waals surface area contributed by atoms with Crippen LogP contribution in [-0.4, -0.2) is 20.6 Å². The van der Waals surface area contributed by atoms with Crippen LogP contribution in [0.5, 0.6) is 0 Å². The Balaban J connectivity index is 2.05. The number of aromatic nitrogens is 2. The first-order chi connectivity index (χ1) is 9.13. The van der Waals surface area contributed by atoms with Crippen molar-refractivity contribution >= 4 is 35.0 Å². The number of fused-ring (bicyclic) bond motifs is 1. The Bertz CT molecular complexity index is 648. The average molecular weight is 292 g/mol. The maximum atomic E-state index is 5.53. The number of aromatic amines is 1. The molecule has 1 aliphatic carbocycles. The third-order valence-electron chi connectivity index (χ3n) is 4.32. The molecule has 2 nitrogen and oxygen atoms in total. The highest BCUT2D eigenvalue weighted by Gasteiger charge is 2.33. The van der Waals surface area contributed by atoms with Crippen LogP contribution in [0.1, 0.15) is 31.2 Å². The zero-order chi connectivity index (χ0) is 13.5. The van der Waals surface area contributed by atoms with Gasteiger partial charge in [-0.25, -0.2) is 0 Å². The SMILES string of the molecule is CSC1(Cn2c(=S)[nH]c3cc(C)ccc32)CCCC1. The normalized spacial score (nSPS) is 18.2. The number of aryl methyl sites for hydroxylation is 1. The van der Waals surface area contributed by atoms with Gasteiger partial charge in [0, 0.05) is 11.3 Å². The van der Waals surface area contributed by atoms with E-state index in [1.807, 2.05) is 11.8 Å². The van der Waals surface area contributed by atoms with Crippen LogP contribution in [0.2, 0.25) is 0 Å². The summed E-state index contributed by atoms with van der Waals surface area (Å²) in [6.07, 6.45) is 7.59. The van der Waals surface area contributed by atoms with Gasteiger partial charge >= 0.3 is 0 Å². The van der Waals surface area contributed by atoms with E-state index in [1.165, 1.54) is 42.3 Å². The van der Waals surface area contributed by atoms with E-state index in [2.05, 4.69) is 40.9 Å². The fourth-order valence-electron chi connectivity index (χ4n) is 3.17. The number of thioether (sulfide) groups is 1. The minimum Gasteiger partial charge on any atom is -0.331 e. The van der Waals surface area contributed by atoms with Crippen molar-refractivity contribution in [3.05, 3.63) is 28.5 Å². The van der Waals surface area contributed by atoms with Gasteiger partial charge in [-0.15, -0.1) is 0 Å². The highest BCUT2D eigenvalue weighted by atomic mass is 32.2. The van der Waals surface area contributed by atoms with Gasteiger partial charge in [-0.05, 0) is 55.9 Å². The van der Waals surface area contributed by atoms with E-state index < -0.39 is 0 Å². The van der Waals surface area contributed by atoms with Gasteiger partial charge in [-0.1, -0.05) is 18.9 Å². The van der Waals surface area contributed by atoms with E-state index in [9.17, 15) is 0 Å². The lowest BCUT2D eigenvalue weighted by Crippen LogP contribution is -2.26. The molecule has 1 aromatic heterocycles. The molecule has 102 valence electrons. The van der Waals surface area contributed by atoms with E-state index >= 15 is 0 Å². The maximum absolute atomic E-state index is 5.53. The first-order valence-electron chi connectivity index (χ1n) is 6.88. The number of nitrogens with zero attached hydrogens (tertiary/aromatic N) is 1. The first-order valence-corrected chi connectivity index (χ1v) is 8.51. The van der Waals surface area contributed by atoms with Gasteiger partial charge in [-0.3, -0.25) is 0 Å². The standard InChI is InChI=1S/C15H20N2S2/c1-11-5-6-13-12(9-11)16-14(18)17(13)10-15(19-2)7-3-4-8-15/h5-6,9H,3-4,7-8,10H2,1-2H3,(H,16,18). The number of nitrogens with one attached hydrogen (secondary N) is 1. The van der Waals surface area contributed by atoms with Crippen molar-refractivity contribution in [1.29, 1.82) is 0 Å². The smallest absolute Gasteiger partial charge is 0.178 e. The third kappa shape index (κ3) is 2.36. The maximum Gasteiger partial charge on any atom is 0.178 e. The van der Waals surface area contributed by atoms with Gasteiger partial charge in [0.2, 0.25) is 0 Å². The van der Waals surface area contributed by atoms with Crippen molar-refractivity contribution < 1.29 is 0 Å². The predicted octanol–water partition coefficient (Wildman–Crippen LogP) is 4.68. The molecule has 0 saturated heterocycles. The minimum absolute atomic E-state index is 0.387.